The molecule has 1 aliphatic heterocycles. The number of nitrogens with zero attached hydrogens (tertiary/aromatic N) is 3. The summed E-state index contributed by atoms with van der Waals surface area (Å²) in [6.45, 7) is 7.02. The van der Waals surface area contributed by atoms with E-state index in [0.29, 0.717) is 30.3 Å². The van der Waals surface area contributed by atoms with E-state index in [2.05, 4.69) is 22.2 Å². The highest BCUT2D eigenvalue weighted by Crippen LogP contribution is 2.20. The van der Waals surface area contributed by atoms with Gasteiger partial charge in [0, 0.05) is 25.2 Å². The number of anilines is 1. The first-order valence-corrected chi connectivity index (χ1v) is 10.8. The summed E-state index contributed by atoms with van der Waals surface area (Å²) in [5.74, 6) is 1.13. The summed E-state index contributed by atoms with van der Waals surface area (Å²) in [6, 6.07) is 1.40. The Balaban J connectivity index is 2.12. The molecule has 0 spiro atoms. The summed E-state index contributed by atoms with van der Waals surface area (Å²) in [6.07, 6.45) is 3.82. The fraction of sp³-hybridized carbons (Fsp3) is 0.706. The molecule has 2 heterocycles. The molecule has 0 aromatic carbocycles. The van der Waals surface area contributed by atoms with Crippen molar-refractivity contribution in [2.45, 2.75) is 52.5 Å². The quantitative estimate of drug-likeness (QED) is 0.706. The lowest BCUT2D eigenvalue weighted by Gasteiger charge is -2.26. The van der Waals surface area contributed by atoms with Crippen LogP contribution in [-0.4, -0.2) is 59.8 Å². The van der Waals surface area contributed by atoms with E-state index in [-0.39, 0.29) is 23.5 Å². The van der Waals surface area contributed by atoms with Gasteiger partial charge in [0.1, 0.15) is 17.3 Å². The SMILES string of the molecule is CCCCCNc1cc(C(=O)N(CC)C2CCS(=O)(=O)C2)nc(C)n1. The van der Waals surface area contributed by atoms with E-state index in [9.17, 15) is 13.2 Å². The van der Waals surface area contributed by atoms with Crippen LogP contribution < -0.4 is 5.32 Å². The summed E-state index contributed by atoms with van der Waals surface area (Å²) >= 11 is 0. The minimum absolute atomic E-state index is 0.0404. The van der Waals surface area contributed by atoms with Gasteiger partial charge in [0.05, 0.1) is 11.5 Å². The number of carbonyl (C=O) groups excluding carboxylic acids is 1. The van der Waals surface area contributed by atoms with Crippen LogP contribution in [0.25, 0.3) is 0 Å². The second kappa shape index (κ2) is 8.60. The van der Waals surface area contributed by atoms with Gasteiger partial charge in [0.2, 0.25) is 0 Å². The van der Waals surface area contributed by atoms with E-state index < -0.39 is 9.84 Å². The lowest BCUT2D eigenvalue weighted by molar-refractivity contribution is 0.0702. The molecule has 8 heteroatoms. The molecule has 0 bridgehead atoms. The molecule has 0 aliphatic carbocycles. The highest BCUT2D eigenvalue weighted by atomic mass is 32.2. The zero-order valence-corrected chi connectivity index (χ0v) is 16.1. The van der Waals surface area contributed by atoms with Gasteiger partial charge in [0.25, 0.3) is 5.91 Å². The van der Waals surface area contributed by atoms with Crippen LogP contribution in [-0.2, 0) is 9.84 Å². The normalized spacial score (nSPS) is 18.9. The number of hydrogen-bond acceptors (Lipinski definition) is 6. The predicted octanol–water partition coefficient (Wildman–Crippen LogP) is 2.04. The predicted molar refractivity (Wildman–Crippen MR) is 98.6 cm³/mol. The average molecular weight is 369 g/mol. The third-order valence-electron chi connectivity index (χ3n) is 4.39. The van der Waals surface area contributed by atoms with Crippen molar-refractivity contribution in [1.29, 1.82) is 0 Å². The van der Waals surface area contributed by atoms with Crippen LogP contribution in [0.2, 0.25) is 0 Å². The van der Waals surface area contributed by atoms with Gasteiger partial charge in [-0.3, -0.25) is 4.79 Å². The molecule has 1 amide bonds. The van der Waals surface area contributed by atoms with E-state index in [0.717, 1.165) is 25.8 Å². The summed E-state index contributed by atoms with van der Waals surface area (Å²) in [4.78, 5) is 23.1. The molecule has 1 aliphatic rings. The molecule has 1 atom stereocenters. The van der Waals surface area contributed by atoms with Gasteiger partial charge >= 0.3 is 0 Å². The number of rotatable bonds is 8. The Morgan fingerprint density at radius 2 is 2.08 bits per heavy atom. The fourth-order valence-electron chi connectivity index (χ4n) is 3.10. The Bertz CT molecular complexity index is 706. The average Bonchev–Trinajstić information content (AvgIpc) is 2.91. The van der Waals surface area contributed by atoms with Crippen molar-refractivity contribution in [2.75, 3.05) is 29.9 Å². The Kier molecular flexibility index (Phi) is 6.75. The summed E-state index contributed by atoms with van der Waals surface area (Å²) in [5.41, 5.74) is 0.316. The van der Waals surface area contributed by atoms with Crippen molar-refractivity contribution in [3.05, 3.63) is 17.6 Å². The number of unbranched alkanes of at least 4 members (excludes halogenated alkanes) is 2. The summed E-state index contributed by atoms with van der Waals surface area (Å²) in [7, 11) is -3.04. The van der Waals surface area contributed by atoms with Crippen molar-refractivity contribution in [2.24, 2.45) is 0 Å². The third-order valence-corrected chi connectivity index (χ3v) is 6.14. The second-order valence-electron chi connectivity index (χ2n) is 6.47. The van der Waals surface area contributed by atoms with E-state index in [4.69, 9.17) is 0 Å². The zero-order valence-electron chi connectivity index (χ0n) is 15.3. The van der Waals surface area contributed by atoms with Gasteiger partial charge in [-0.25, -0.2) is 18.4 Å². The van der Waals surface area contributed by atoms with Gasteiger partial charge < -0.3 is 10.2 Å². The minimum Gasteiger partial charge on any atom is -0.370 e. The topological polar surface area (TPSA) is 92.3 Å². The molecule has 1 unspecified atom stereocenters. The Morgan fingerprint density at radius 3 is 2.68 bits per heavy atom. The molecule has 0 saturated carbocycles. The van der Waals surface area contributed by atoms with Crippen molar-refractivity contribution in [1.82, 2.24) is 14.9 Å². The van der Waals surface area contributed by atoms with Gasteiger partial charge in [0.15, 0.2) is 9.84 Å². The maximum atomic E-state index is 12.9. The van der Waals surface area contributed by atoms with E-state index in [1.807, 2.05) is 6.92 Å². The number of amides is 1. The molecule has 1 N–H and O–H groups in total. The second-order valence-corrected chi connectivity index (χ2v) is 8.70. The van der Waals surface area contributed by atoms with Crippen molar-refractivity contribution >= 4 is 21.6 Å². The van der Waals surface area contributed by atoms with Crippen LogP contribution in [0.15, 0.2) is 6.07 Å². The Morgan fingerprint density at radius 1 is 1.32 bits per heavy atom. The first-order valence-electron chi connectivity index (χ1n) is 8.97. The van der Waals surface area contributed by atoms with Crippen molar-refractivity contribution < 1.29 is 13.2 Å². The van der Waals surface area contributed by atoms with E-state index >= 15 is 0 Å². The number of carbonyl (C=O) groups is 1. The number of sulfone groups is 1. The minimum atomic E-state index is -3.04. The van der Waals surface area contributed by atoms with E-state index in [1.165, 1.54) is 0 Å². The molecule has 7 nitrogen and oxygen atoms in total. The first kappa shape index (κ1) is 19.6. The van der Waals surface area contributed by atoms with Gasteiger partial charge in [-0.05, 0) is 26.7 Å². The van der Waals surface area contributed by atoms with Crippen molar-refractivity contribution in [3.8, 4) is 0 Å². The molecule has 1 aromatic rings. The van der Waals surface area contributed by atoms with Crippen LogP contribution in [0.4, 0.5) is 5.82 Å². The standard InChI is InChI=1S/C17H28N4O3S/c1-4-6-7-9-18-16-11-15(19-13(3)20-16)17(22)21(5-2)14-8-10-25(23,24)12-14/h11,14H,4-10,12H2,1-3H3,(H,18,19,20). The lowest BCUT2D eigenvalue weighted by Crippen LogP contribution is -2.41. The summed E-state index contributed by atoms with van der Waals surface area (Å²) < 4.78 is 23.5. The van der Waals surface area contributed by atoms with Gasteiger partial charge in [-0.15, -0.1) is 0 Å². The molecule has 0 radical (unpaired) electrons. The van der Waals surface area contributed by atoms with Crippen LogP contribution in [0.1, 0.15) is 55.8 Å². The number of aromatic nitrogens is 2. The number of nitrogens with one attached hydrogen (secondary N) is 1. The summed E-state index contributed by atoms with van der Waals surface area (Å²) in [5, 5.41) is 3.24. The van der Waals surface area contributed by atoms with Crippen molar-refractivity contribution in [3.63, 3.8) is 0 Å². The number of aryl methyl sites for hydroxylation is 1. The van der Waals surface area contributed by atoms with Crippen LogP contribution in [0.5, 0.6) is 0 Å². The molecule has 140 valence electrons. The molecule has 1 fully saturated rings. The molecule has 1 saturated heterocycles. The maximum absolute atomic E-state index is 12.9. The smallest absolute Gasteiger partial charge is 0.272 e. The monoisotopic (exact) mass is 368 g/mol. The number of hydrogen-bond donors (Lipinski definition) is 1. The first-order chi connectivity index (χ1) is 11.9. The zero-order chi connectivity index (χ0) is 18.4. The Hall–Kier alpha value is -1.70. The lowest BCUT2D eigenvalue weighted by atomic mass is 10.2. The molecule has 1 aromatic heterocycles. The Labute approximate surface area is 150 Å². The molecular weight excluding hydrogens is 340 g/mol. The largest absolute Gasteiger partial charge is 0.370 e. The molecule has 25 heavy (non-hydrogen) atoms. The fourth-order valence-corrected chi connectivity index (χ4v) is 4.83. The van der Waals surface area contributed by atoms with Crippen LogP contribution in [0, 0.1) is 6.92 Å². The molecule has 2 rings (SSSR count). The third kappa shape index (κ3) is 5.39. The molecular formula is C17H28N4O3S. The highest BCUT2D eigenvalue weighted by Gasteiger charge is 2.34. The van der Waals surface area contributed by atoms with Gasteiger partial charge in [-0.1, -0.05) is 19.8 Å². The maximum Gasteiger partial charge on any atom is 0.272 e. The van der Waals surface area contributed by atoms with Gasteiger partial charge in [-0.2, -0.15) is 0 Å². The van der Waals surface area contributed by atoms with E-state index in [1.54, 1.807) is 17.9 Å². The van der Waals surface area contributed by atoms with Crippen LogP contribution in [0.3, 0.4) is 0 Å². The highest BCUT2D eigenvalue weighted by molar-refractivity contribution is 7.91. The van der Waals surface area contributed by atoms with Crippen LogP contribution >= 0.6 is 0 Å².